The van der Waals surface area contributed by atoms with Crippen LogP contribution in [0.3, 0.4) is 0 Å². The van der Waals surface area contributed by atoms with Gasteiger partial charge in [0.05, 0.1) is 0 Å². The molecule has 102 valence electrons. The third-order valence-corrected chi connectivity index (χ3v) is 5.97. The van der Waals surface area contributed by atoms with E-state index in [-0.39, 0.29) is 0 Å². The van der Waals surface area contributed by atoms with Crippen molar-refractivity contribution in [1.29, 1.82) is 0 Å². The van der Waals surface area contributed by atoms with Crippen LogP contribution in [0.15, 0.2) is 0 Å². The van der Waals surface area contributed by atoms with E-state index in [0.29, 0.717) is 0 Å². The molecule has 0 aromatic rings. The number of nitrogens with zero attached hydrogens (tertiary/aromatic N) is 2. The molecule has 4 aliphatic rings. The van der Waals surface area contributed by atoms with Crippen molar-refractivity contribution in [3.05, 3.63) is 0 Å². The molecule has 0 bridgehead atoms. The van der Waals surface area contributed by atoms with Gasteiger partial charge >= 0.3 is 0 Å². The molecule has 4 rings (SSSR count). The molecule has 2 aliphatic heterocycles. The average Bonchev–Trinajstić information content (AvgIpc) is 3.25. The summed E-state index contributed by atoms with van der Waals surface area (Å²) in [6.07, 6.45) is 9.07. The van der Waals surface area contributed by atoms with Gasteiger partial charge in [0.1, 0.15) is 0 Å². The summed E-state index contributed by atoms with van der Waals surface area (Å²) < 4.78 is 0. The third kappa shape index (κ3) is 2.22. The molecule has 18 heavy (non-hydrogen) atoms. The molecule has 2 saturated carbocycles. The van der Waals surface area contributed by atoms with Gasteiger partial charge in [0.25, 0.3) is 0 Å². The Balaban J connectivity index is 1.40. The molecule has 0 amide bonds. The number of piperazine rings is 1. The highest BCUT2D eigenvalue weighted by Crippen LogP contribution is 2.49. The molecule has 0 radical (unpaired) electrons. The summed E-state index contributed by atoms with van der Waals surface area (Å²) in [4.78, 5) is 5.61. The molecule has 2 atom stereocenters. The minimum atomic E-state index is 0.805. The summed E-state index contributed by atoms with van der Waals surface area (Å²) in [7, 11) is 0. The first-order valence-corrected chi connectivity index (χ1v) is 8.29. The second kappa shape index (κ2) is 4.49. The van der Waals surface area contributed by atoms with E-state index in [4.69, 9.17) is 0 Å². The van der Waals surface area contributed by atoms with E-state index in [1.165, 1.54) is 39.0 Å². The number of hydrogen-bond donors (Lipinski definition) is 0. The van der Waals surface area contributed by atoms with Gasteiger partial charge in [-0.05, 0) is 69.7 Å². The van der Waals surface area contributed by atoms with Crippen LogP contribution in [0, 0.1) is 17.8 Å². The standard InChI is InChI=1S/C16H28N2/c1-12-9-17-8-2-3-15(17)10-18(12)11-16(13-4-5-13)14-6-7-14/h12-16H,2-11H2,1H3. The SMILES string of the molecule is CC1CN2CCCC2CN1CC(C1CC1)C1CC1. The molecule has 2 heterocycles. The van der Waals surface area contributed by atoms with E-state index in [0.717, 1.165) is 29.8 Å². The van der Waals surface area contributed by atoms with Gasteiger partial charge in [-0.2, -0.15) is 0 Å². The summed E-state index contributed by atoms with van der Waals surface area (Å²) >= 11 is 0. The number of hydrogen-bond acceptors (Lipinski definition) is 2. The first-order chi connectivity index (χ1) is 8.81. The Labute approximate surface area is 112 Å². The molecule has 4 fully saturated rings. The monoisotopic (exact) mass is 248 g/mol. The number of rotatable bonds is 4. The Bertz CT molecular complexity index is 296. The zero-order valence-electron chi connectivity index (χ0n) is 11.9. The number of fused-ring (bicyclic) bond motifs is 1. The summed E-state index contributed by atoms with van der Waals surface area (Å²) in [6, 6.07) is 1.71. The Kier molecular flexibility index (Phi) is 2.92. The van der Waals surface area contributed by atoms with Crippen LogP contribution in [0.2, 0.25) is 0 Å². The normalized spacial score (nSPS) is 38.3. The molecular formula is C16H28N2. The third-order valence-electron chi connectivity index (χ3n) is 5.97. The Morgan fingerprint density at radius 2 is 1.72 bits per heavy atom. The quantitative estimate of drug-likeness (QED) is 0.754. The topological polar surface area (TPSA) is 6.48 Å². The van der Waals surface area contributed by atoms with Crippen LogP contribution in [0.4, 0.5) is 0 Å². The lowest BCUT2D eigenvalue weighted by atomic mass is 9.95. The highest BCUT2D eigenvalue weighted by Gasteiger charge is 2.44. The summed E-state index contributed by atoms with van der Waals surface area (Å²) in [6.45, 7) is 7.98. The maximum absolute atomic E-state index is 2.85. The first kappa shape index (κ1) is 11.7. The zero-order chi connectivity index (χ0) is 12.1. The van der Waals surface area contributed by atoms with E-state index in [1.54, 1.807) is 25.7 Å². The van der Waals surface area contributed by atoms with Gasteiger partial charge in [-0.15, -0.1) is 0 Å². The van der Waals surface area contributed by atoms with Crippen molar-refractivity contribution in [1.82, 2.24) is 9.80 Å². The zero-order valence-corrected chi connectivity index (χ0v) is 11.9. The van der Waals surface area contributed by atoms with Crippen molar-refractivity contribution in [3.8, 4) is 0 Å². The summed E-state index contributed by atoms with van der Waals surface area (Å²) in [5.41, 5.74) is 0. The smallest absolute Gasteiger partial charge is 0.0224 e. The second-order valence-electron chi connectivity index (χ2n) is 7.43. The van der Waals surface area contributed by atoms with Gasteiger partial charge in [0, 0.05) is 31.7 Å². The predicted octanol–water partition coefficient (Wildman–Crippen LogP) is 2.59. The molecule has 0 aromatic heterocycles. The summed E-state index contributed by atoms with van der Waals surface area (Å²) in [5.74, 6) is 3.30. The Morgan fingerprint density at radius 3 is 2.39 bits per heavy atom. The second-order valence-corrected chi connectivity index (χ2v) is 7.43. The lowest BCUT2D eigenvalue weighted by molar-refractivity contribution is 0.0425. The van der Waals surface area contributed by atoms with Crippen molar-refractivity contribution in [2.75, 3.05) is 26.2 Å². The van der Waals surface area contributed by atoms with Crippen LogP contribution < -0.4 is 0 Å². The van der Waals surface area contributed by atoms with Crippen molar-refractivity contribution in [3.63, 3.8) is 0 Å². The molecule has 0 spiro atoms. The largest absolute Gasteiger partial charge is 0.298 e. The highest BCUT2D eigenvalue weighted by atomic mass is 15.3. The van der Waals surface area contributed by atoms with Gasteiger partial charge in [0.15, 0.2) is 0 Å². The molecule has 2 nitrogen and oxygen atoms in total. The van der Waals surface area contributed by atoms with Gasteiger partial charge in [0.2, 0.25) is 0 Å². The van der Waals surface area contributed by atoms with Gasteiger partial charge in [-0.25, -0.2) is 0 Å². The molecule has 2 aliphatic carbocycles. The summed E-state index contributed by atoms with van der Waals surface area (Å²) in [5, 5.41) is 0. The maximum Gasteiger partial charge on any atom is 0.0224 e. The van der Waals surface area contributed by atoms with Gasteiger partial charge < -0.3 is 0 Å². The fourth-order valence-electron chi connectivity index (χ4n) is 4.50. The van der Waals surface area contributed by atoms with E-state index in [9.17, 15) is 0 Å². The van der Waals surface area contributed by atoms with E-state index in [2.05, 4.69) is 16.7 Å². The van der Waals surface area contributed by atoms with Crippen molar-refractivity contribution >= 4 is 0 Å². The van der Waals surface area contributed by atoms with Crippen molar-refractivity contribution in [2.24, 2.45) is 17.8 Å². The minimum Gasteiger partial charge on any atom is -0.298 e. The molecule has 2 saturated heterocycles. The molecule has 0 aromatic carbocycles. The van der Waals surface area contributed by atoms with Crippen LogP contribution in [0.1, 0.15) is 45.4 Å². The maximum atomic E-state index is 2.85. The van der Waals surface area contributed by atoms with Crippen molar-refractivity contribution < 1.29 is 0 Å². The molecular weight excluding hydrogens is 220 g/mol. The Morgan fingerprint density at radius 1 is 1.00 bits per heavy atom. The average molecular weight is 248 g/mol. The Hall–Kier alpha value is -0.0800. The van der Waals surface area contributed by atoms with Crippen molar-refractivity contribution in [2.45, 2.75) is 57.5 Å². The van der Waals surface area contributed by atoms with E-state index >= 15 is 0 Å². The first-order valence-electron chi connectivity index (χ1n) is 8.29. The lowest BCUT2D eigenvalue weighted by Crippen LogP contribution is -2.56. The van der Waals surface area contributed by atoms with Crippen LogP contribution in [-0.2, 0) is 0 Å². The lowest BCUT2D eigenvalue weighted by Gasteiger charge is -2.43. The van der Waals surface area contributed by atoms with E-state index in [1.807, 2.05) is 0 Å². The highest BCUT2D eigenvalue weighted by molar-refractivity contribution is 4.96. The minimum absolute atomic E-state index is 0.805. The van der Waals surface area contributed by atoms with Crippen LogP contribution in [-0.4, -0.2) is 48.1 Å². The fraction of sp³-hybridized carbons (Fsp3) is 1.00. The molecule has 2 heteroatoms. The fourth-order valence-corrected chi connectivity index (χ4v) is 4.50. The van der Waals surface area contributed by atoms with Gasteiger partial charge in [-0.1, -0.05) is 0 Å². The van der Waals surface area contributed by atoms with Gasteiger partial charge in [-0.3, -0.25) is 9.80 Å². The molecule has 0 N–H and O–H groups in total. The van der Waals surface area contributed by atoms with E-state index < -0.39 is 0 Å². The molecule has 2 unspecified atom stereocenters. The van der Waals surface area contributed by atoms with Crippen LogP contribution in [0.5, 0.6) is 0 Å². The van der Waals surface area contributed by atoms with Crippen LogP contribution >= 0.6 is 0 Å². The predicted molar refractivity (Wildman–Crippen MR) is 74.6 cm³/mol. The van der Waals surface area contributed by atoms with Crippen LogP contribution in [0.25, 0.3) is 0 Å².